The summed E-state index contributed by atoms with van der Waals surface area (Å²) in [6.07, 6.45) is 0. The van der Waals surface area contributed by atoms with Gasteiger partial charge in [0.15, 0.2) is 5.13 Å². The average molecular weight is 429 g/mol. The number of anilines is 1. The third-order valence-electron chi connectivity index (χ3n) is 3.34. The highest BCUT2D eigenvalue weighted by Crippen LogP contribution is 2.40. The molecular weight excluding hydrogens is 418 g/mol. The molecule has 2 aromatic heterocycles. The van der Waals surface area contributed by atoms with Crippen LogP contribution in [0.4, 0.5) is 13.9 Å². The van der Waals surface area contributed by atoms with Crippen LogP contribution in [0.3, 0.4) is 0 Å². The van der Waals surface area contributed by atoms with Crippen LogP contribution in [0.5, 0.6) is 0 Å². The molecule has 0 bridgehead atoms. The highest BCUT2D eigenvalue weighted by Gasteiger charge is 2.20. The Morgan fingerprint density at radius 3 is 2.46 bits per heavy atom. The number of aromatic nitrogens is 1. The lowest BCUT2D eigenvalue weighted by molar-refractivity contribution is 0.101. The topological polar surface area (TPSA) is 42.0 Å². The van der Waals surface area contributed by atoms with E-state index in [0.29, 0.717) is 5.13 Å². The van der Waals surface area contributed by atoms with Crippen LogP contribution in [-0.4, -0.2) is 10.9 Å². The van der Waals surface area contributed by atoms with Crippen molar-refractivity contribution in [1.82, 2.24) is 4.98 Å². The first-order valence-electron chi connectivity index (χ1n) is 6.86. The van der Waals surface area contributed by atoms with E-state index in [-0.39, 0.29) is 0 Å². The van der Waals surface area contributed by atoms with E-state index in [0.717, 1.165) is 36.9 Å². The molecule has 3 nitrogen and oxygen atoms in total. The second-order valence-electron chi connectivity index (χ2n) is 5.00. The summed E-state index contributed by atoms with van der Waals surface area (Å²) in [6, 6.07) is 5.29. The number of aryl methyl sites for hydroxylation is 2. The third kappa shape index (κ3) is 3.26. The third-order valence-corrected chi connectivity index (χ3v) is 6.00. The van der Waals surface area contributed by atoms with E-state index < -0.39 is 23.1 Å². The molecule has 8 heteroatoms. The van der Waals surface area contributed by atoms with Crippen molar-refractivity contribution in [3.8, 4) is 10.4 Å². The van der Waals surface area contributed by atoms with Crippen molar-refractivity contribution in [3.05, 3.63) is 55.8 Å². The molecule has 1 N–H and O–H groups in total. The van der Waals surface area contributed by atoms with Crippen LogP contribution in [0.25, 0.3) is 10.4 Å². The Balaban J connectivity index is 1.91. The maximum Gasteiger partial charge on any atom is 0.263 e. The van der Waals surface area contributed by atoms with Crippen molar-refractivity contribution in [2.45, 2.75) is 13.8 Å². The second-order valence-corrected chi connectivity index (χ2v) is 8.64. The van der Waals surface area contributed by atoms with Crippen molar-refractivity contribution in [1.29, 1.82) is 0 Å². The van der Waals surface area contributed by atoms with E-state index in [9.17, 15) is 13.6 Å². The molecule has 0 aliphatic rings. The first-order chi connectivity index (χ1) is 11.4. The maximum absolute atomic E-state index is 13.7. The lowest BCUT2D eigenvalue weighted by Gasteiger charge is -2.04. The number of hydrogen-bond acceptors (Lipinski definition) is 4. The zero-order valence-corrected chi connectivity index (χ0v) is 15.8. The fraction of sp³-hybridized carbons (Fsp3) is 0.125. The van der Waals surface area contributed by atoms with Gasteiger partial charge in [-0.2, -0.15) is 0 Å². The fourth-order valence-corrected chi connectivity index (χ4v) is 5.04. The lowest BCUT2D eigenvalue weighted by atomic mass is 10.2. The highest BCUT2D eigenvalue weighted by atomic mass is 79.9. The molecule has 2 heterocycles. The number of carbonyl (C=O) groups excluding carboxylic acids is 1. The molecule has 3 rings (SSSR count). The predicted octanol–water partition coefficient (Wildman–Crippen LogP) is 5.78. The zero-order chi connectivity index (χ0) is 17.4. The van der Waals surface area contributed by atoms with Gasteiger partial charge in [0.1, 0.15) is 17.2 Å². The summed E-state index contributed by atoms with van der Waals surface area (Å²) < 4.78 is 28.4. The summed E-state index contributed by atoms with van der Waals surface area (Å²) in [5.41, 5.74) is 1.17. The number of carbonyl (C=O) groups is 1. The number of hydrogen-bond donors (Lipinski definition) is 1. The molecule has 3 aromatic rings. The lowest BCUT2D eigenvalue weighted by Crippen LogP contribution is -2.15. The largest absolute Gasteiger partial charge is 0.298 e. The van der Waals surface area contributed by atoms with Crippen molar-refractivity contribution in [2.75, 3.05) is 5.32 Å². The van der Waals surface area contributed by atoms with Gasteiger partial charge < -0.3 is 0 Å². The molecule has 1 aromatic carbocycles. The average Bonchev–Trinajstić information content (AvgIpc) is 3.00. The van der Waals surface area contributed by atoms with Gasteiger partial charge in [-0.25, -0.2) is 13.8 Å². The normalized spacial score (nSPS) is 10.9. The summed E-state index contributed by atoms with van der Waals surface area (Å²) in [7, 11) is 0. The van der Waals surface area contributed by atoms with E-state index in [1.165, 1.54) is 17.4 Å². The van der Waals surface area contributed by atoms with Crippen LogP contribution >= 0.6 is 38.6 Å². The highest BCUT2D eigenvalue weighted by molar-refractivity contribution is 9.11. The van der Waals surface area contributed by atoms with E-state index in [1.54, 1.807) is 11.3 Å². The first-order valence-corrected chi connectivity index (χ1v) is 9.28. The number of thiophene rings is 1. The number of rotatable bonds is 3. The van der Waals surface area contributed by atoms with Crippen LogP contribution in [0.15, 0.2) is 28.1 Å². The Bertz CT molecular complexity index is 916. The van der Waals surface area contributed by atoms with Gasteiger partial charge in [-0.15, -0.1) is 11.3 Å². The van der Waals surface area contributed by atoms with Gasteiger partial charge in [0.25, 0.3) is 5.91 Å². The SMILES string of the molecule is Cc1nc(NC(=O)c2c(F)cccc2F)sc1-c1cc(Br)sc1C. The summed E-state index contributed by atoms with van der Waals surface area (Å²) in [5.74, 6) is -2.66. The quantitative estimate of drug-likeness (QED) is 0.574. The molecule has 124 valence electrons. The minimum atomic E-state index is -0.904. The van der Waals surface area contributed by atoms with Crippen molar-refractivity contribution < 1.29 is 13.6 Å². The summed E-state index contributed by atoms with van der Waals surface area (Å²) >= 11 is 6.33. The predicted molar refractivity (Wildman–Crippen MR) is 96.9 cm³/mol. The van der Waals surface area contributed by atoms with E-state index in [2.05, 4.69) is 26.2 Å². The zero-order valence-electron chi connectivity index (χ0n) is 12.6. The molecule has 0 spiro atoms. The Labute approximate surface area is 153 Å². The number of halogens is 3. The second kappa shape index (κ2) is 6.70. The first kappa shape index (κ1) is 17.2. The molecule has 0 radical (unpaired) electrons. The smallest absolute Gasteiger partial charge is 0.263 e. The van der Waals surface area contributed by atoms with Crippen molar-refractivity contribution in [3.63, 3.8) is 0 Å². The maximum atomic E-state index is 13.7. The Morgan fingerprint density at radius 2 is 1.88 bits per heavy atom. The van der Waals surface area contributed by atoms with Gasteiger partial charge in [-0.05, 0) is 48.0 Å². The standard InChI is InChI=1S/C16H11BrF2N2OS2/c1-7-14(9-6-12(17)23-8(9)2)24-16(20-7)21-15(22)13-10(18)4-3-5-11(13)19/h3-6H,1-2H3,(H,20,21,22). The molecule has 0 aliphatic carbocycles. The molecule has 0 unspecified atom stereocenters. The number of thiazole rings is 1. The van der Waals surface area contributed by atoms with Crippen LogP contribution in [0, 0.1) is 25.5 Å². The Hall–Kier alpha value is -1.64. The fourth-order valence-electron chi connectivity index (χ4n) is 2.25. The van der Waals surface area contributed by atoms with Gasteiger partial charge in [0.05, 0.1) is 14.4 Å². The van der Waals surface area contributed by atoms with Crippen molar-refractivity contribution in [2.24, 2.45) is 0 Å². The molecule has 0 aliphatic heterocycles. The number of nitrogens with one attached hydrogen (secondary N) is 1. The molecule has 1 amide bonds. The minimum Gasteiger partial charge on any atom is -0.298 e. The van der Waals surface area contributed by atoms with Crippen LogP contribution in [-0.2, 0) is 0 Å². The van der Waals surface area contributed by atoms with Crippen LogP contribution < -0.4 is 5.32 Å². The van der Waals surface area contributed by atoms with Gasteiger partial charge in [0.2, 0.25) is 0 Å². The number of amides is 1. The van der Waals surface area contributed by atoms with Crippen LogP contribution in [0.1, 0.15) is 20.9 Å². The van der Waals surface area contributed by atoms with Gasteiger partial charge in [-0.1, -0.05) is 17.4 Å². The summed E-state index contributed by atoms with van der Waals surface area (Å²) in [6.45, 7) is 3.83. The number of nitrogens with zero attached hydrogens (tertiary/aromatic N) is 1. The van der Waals surface area contributed by atoms with E-state index in [1.807, 2.05) is 19.9 Å². The molecule has 24 heavy (non-hydrogen) atoms. The van der Waals surface area contributed by atoms with Gasteiger partial charge in [0, 0.05) is 10.4 Å². The summed E-state index contributed by atoms with van der Waals surface area (Å²) in [4.78, 5) is 18.5. The summed E-state index contributed by atoms with van der Waals surface area (Å²) in [5, 5.41) is 2.78. The molecule has 0 saturated carbocycles. The number of benzene rings is 1. The molecule has 0 saturated heterocycles. The van der Waals surface area contributed by atoms with E-state index >= 15 is 0 Å². The Morgan fingerprint density at radius 1 is 1.21 bits per heavy atom. The molecule has 0 fully saturated rings. The van der Waals surface area contributed by atoms with Crippen LogP contribution in [0.2, 0.25) is 0 Å². The monoisotopic (exact) mass is 428 g/mol. The molecule has 0 atom stereocenters. The Kier molecular flexibility index (Phi) is 4.80. The van der Waals surface area contributed by atoms with Gasteiger partial charge in [-0.3, -0.25) is 10.1 Å². The van der Waals surface area contributed by atoms with E-state index in [4.69, 9.17) is 0 Å². The van der Waals surface area contributed by atoms with Gasteiger partial charge >= 0.3 is 0 Å². The van der Waals surface area contributed by atoms with Crippen molar-refractivity contribution >= 4 is 49.6 Å². The minimum absolute atomic E-state index is 0.303. The molecular formula is C16H11BrF2N2OS2.